The number of benzene rings is 1. The minimum absolute atomic E-state index is 0.00789. The monoisotopic (exact) mass is 368 g/mol. The van der Waals surface area contributed by atoms with E-state index in [-0.39, 0.29) is 25.7 Å². The predicted octanol–water partition coefficient (Wildman–Crippen LogP) is 2.72. The summed E-state index contributed by atoms with van der Waals surface area (Å²) in [6, 6.07) is 6.82. The molecule has 1 heterocycles. The van der Waals surface area contributed by atoms with Gasteiger partial charge in [0, 0.05) is 5.02 Å². The number of imide groups is 1. The normalized spacial score (nSPS) is 21.5. The van der Waals surface area contributed by atoms with Crippen LogP contribution in [0.4, 0.5) is 4.79 Å². The van der Waals surface area contributed by atoms with Gasteiger partial charge in [-0.05, 0) is 25.0 Å². The van der Waals surface area contributed by atoms with Gasteiger partial charge in [-0.1, -0.05) is 49.6 Å². The molecule has 1 aromatic rings. The Hall–Kier alpha value is -1.63. The Kier molecular flexibility index (Phi) is 6.81. The van der Waals surface area contributed by atoms with Gasteiger partial charge in [-0.2, -0.15) is 0 Å². The van der Waals surface area contributed by atoms with Gasteiger partial charge in [-0.15, -0.1) is 0 Å². The summed E-state index contributed by atoms with van der Waals surface area (Å²) in [6.07, 6.45) is 1.42. The van der Waals surface area contributed by atoms with E-state index in [0.29, 0.717) is 11.4 Å². The smallest absolute Gasteiger partial charge is 0.325 e. The van der Waals surface area contributed by atoms with Crippen LogP contribution in [0.5, 0.6) is 0 Å². The Bertz CT molecular complexity index is 625. The van der Waals surface area contributed by atoms with E-state index in [0.717, 1.165) is 23.3 Å². The molecule has 2 rings (SSSR count). The second-order valence-corrected chi connectivity index (χ2v) is 6.95. The Morgan fingerprint density at radius 2 is 2.08 bits per heavy atom. The van der Waals surface area contributed by atoms with E-state index >= 15 is 0 Å². The molecule has 25 heavy (non-hydrogen) atoms. The van der Waals surface area contributed by atoms with E-state index in [4.69, 9.17) is 16.3 Å². The summed E-state index contributed by atoms with van der Waals surface area (Å²) >= 11 is 6.04. The molecule has 138 valence electrons. The van der Waals surface area contributed by atoms with Gasteiger partial charge < -0.3 is 15.2 Å². The van der Waals surface area contributed by atoms with Crippen molar-refractivity contribution in [1.82, 2.24) is 10.2 Å². The summed E-state index contributed by atoms with van der Waals surface area (Å²) in [5, 5.41) is 13.4. The first-order valence-electron chi connectivity index (χ1n) is 8.50. The van der Waals surface area contributed by atoms with Crippen LogP contribution in [0.1, 0.15) is 38.7 Å². The number of carbonyl (C=O) groups is 2. The van der Waals surface area contributed by atoms with E-state index in [1.807, 2.05) is 25.1 Å². The zero-order valence-electron chi connectivity index (χ0n) is 14.6. The zero-order chi connectivity index (χ0) is 18.4. The predicted molar refractivity (Wildman–Crippen MR) is 95.3 cm³/mol. The number of unbranched alkanes of at least 4 members (excludes halogenated alkanes) is 1. The van der Waals surface area contributed by atoms with E-state index < -0.39 is 17.7 Å². The second-order valence-electron chi connectivity index (χ2n) is 6.54. The summed E-state index contributed by atoms with van der Waals surface area (Å²) < 4.78 is 5.46. The standard InChI is InChI=1S/C18H25ClN2O4/c1-3-4-9-18(2)16(23)21(17(24)20-18)10-14(22)12-25-11-13-7-5-6-8-15(13)19/h5-8,14,22H,3-4,9-12H2,1-2H3,(H,20,24)/t14-,18-/m0/s1. The van der Waals surface area contributed by atoms with Crippen LogP contribution >= 0.6 is 11.6 Å². The molecule has 7 heteroatoms. The van der Waals surface area contributed by atoms with Crippen LogP contribution in [-0.4, -0.2) is 46.7 Å². The first-order chi connectivity index (χ1) is 11.9. The topological polar surface area (TPSA) is 78.9 Å². The molecule has 0 bridgehead atoms. The van der Waals surface area contributed by atoms with Crippen molar-refractivity contribution in [1.29, 1.82) is 0 Å². The van der Waals surface area contributed by atoms with Gasteiger partial charge in [-0.25, -0.2) is 4.79 Å². The lowest BCUT2D eigenvalue weighted by atomic mass is 9.95. The molecule has 2 N–H and O–H groups in total. The molecule has 2 atom stereocenters. The van der Waals surface area contributed by atoms with Crippen LogP contribution in [0.2, 0.25) is 5.02 Å². The van der Waals surface area contributed by atoms with Crippen molar-refractivity contribution >= 4 is 23.5 Å². The highest BCUT2D eigenvalue weighted by atomic mass is 35.5. The summed E-state index contributed by atoms with van der Waals surface area (Å²) in [5.41, 5.74) is -0.0656. The number of rotatable bonds is 9. The average molecular weight is 369 g/mol. The van der Waals surface area contributed by atoms with E-state index in [1.165, 1.54) is 0 Å². The number of halogens is 1. The molecule has 3 amide bonds. The van der Waals surface area contributed by atoms with Gasteiger partial charge >= 0.3 is 6.03 Å². The van der Waals surface area contributed by atoms with Gasteiger partial charge in [0.05, 0.1) is 25.9 Å². The number of β-amino-alcohol motifs (C(OH)–C–C–N with tert-alkyl or cyclic N) is 1. The molecule has 1 aliphatic rings. The third kappa shape index (κ3) is 4.93. The third-order valence-corrected chi connectivity index (χ3v) is 4.66. The van der Waals surface area contributed by atoms with Crippen molar-refractivity contribution in [3.8, 4) is 0 Å². The molecule has 1 aliphatic heterocycles. The number of hydrogen-bond donors (Lipinski definition) is 2. The molecule has 1 saturated heterocycles. The maximum atomic E-state index is 12.5. The van der Waals surface area contributed by atoms with Crippen molar-refractivity contribution in [2.75, 3.05) is 13.2 Å². The summed E-state index contributed by atoms with van der Waals surface area (Å²) in [5.74, 6) is -0.295. The molecule has 0 spiro atoms. The van der Waals surface area contributed by atoms with Crippen LogP contribution in [0.15, 0.2) is 24.3 Å². The van der Waals surface area contributed by atoms with Crippen LogP contribution < -0.4 is 5.32 Å². The van der Waals surface area contributed by atoms with Gasteiger partial charge in [0.1, 0.15) is 5.54 Å². The number of hydrogen-bond acceptors (Lipinski definition) is 4. The molecule has 1 aromatic carbocycles. The highest BCUT2D eigenvalue weighted by Crippen LogP contribution is 2.23. The SMILES string of the molecule is CCCC[C@]1(C)NC(=O)N(C[C@H](O)COCc2ccccc2Cl)C1=O. The van der Waals surface area contributed by atoms with E-state index in [9.17, 15) is 14.7 Å². The molecule has 0 saturated carbocycles. The largest absolute Gasteiger partial charge is 0.389 e. The van der Waals surface area contributed by atoms with Crippen LogP contribution in [0.3, 0.4) is 0 Å². The first-order valence-corrected chi connectivity index (χ1v) is 8.88. The Morgan fingerprint density at radius 1 is 1.36 bits per heavy atom. The van der Waals surface area contributed by atoms with Gasteiger partial charge in [-0.3, -0.25) is 9.69 Å². The fraction of sp³-hybridized carbons (Fsp3) is 0.556. The van der Waals surface area contributed by atoms with Crippen molar-refractivity contribution in [2.24, 2.45) is 0 Å². The fourth-order valence-electron chi connectivity index (χ4n) is 2.80. The van der Waals surface area contributed by atoms with Crippen LogP contribution in [0, 0.1) is 0 Å². The van der Waals surface area contributed by atoms with E-state index in [2.05, 4.69) is 5.32 Å². The lowest BCUT2D eigenvalue weighted by molar-refractivity contribution is -0.132. The fourth-order valence-corrected chi connectivity index (χ4v) is 2.99. The second kappa shape index (κ2) is 8.65. The quantitative estimate of drug-likeness (QED) is 0.657. The molecule has 6 nitrogen and oxygen atoms in total. The van der Waals surface area contributed by atoms with Gasteiger partial charge in [0.25, 0.3) is 5.91 Å². The summed E-state index contributed by atoms with van der Waals surface area (Å²) in [7, 11) is 0. The van der Waals surface area contributed by atoms with E-state index in [1.54, 1.807) is 13.0 Å². The number of ether oxygens (including phenoxy) is 1. The number of aliphatic hydroxyl groups excluding tert-OH is 1. The van der Waals surface area contributed by atoms with Crippen molar-refractivity contribution < 1.29 is 19.4 Å². The molecule has 0 unspecified atom stereocenters. The maximum Gasteiger partial charge on any atom is 0.325 e. The zero-order valence-corrected chi connectivity index (χ0v) is 15.4. The highest BCUT2D eigenvalue weighted by molar-refractivity contribution is 6.31. The minimum atomic E-state index is -0.953. The van der Waals surface area contributed by atoms with Gasteiger partial charge in [0.15, 0.2) is 0 Å². The van der Waals surface area contributed by atoms with Gasteiger partial charge in [0.2, 0.25) is 0 Å². The maximum absolute atomic E-state index is 12.5. The van der Waals surface area contributed by atoms with Crippen LogP contribution in [-0.2, 0) is 16.1 Å². The first kappa shape index (κ1) is 19.7. The Balaban J connectivity index is 1.83. The number of aliphatic hydroxyl groups is 1. The molecule has 0 aromatic heterocycles. The van der Waals surface area contributed by atoms with Crippen LogP contribution in [0.25, 0.3) is 0 Å². The number of urea groups is 1. The van der Waals surface area contributed by atoms with Crippen molar-refractivity contribution in [3.63, 3.8) is 0 Å². The molecular weight excluding hydrogens is 344 g/mol. The molecule has 0 radical (unpaired) electrons. The molecular formula is C18H25ClN2O4. The molecule has 0 aliphatic carbocycles. The Labute approximate surface area is 153 Å². The Morgan fingerprint density at radius 3 is 2.76 bits per heavy atom. The minimum Gasteiger partial charge on any atom is -0.389 e. The number of nitrogens with zero attached hydrogens (tertiary/aromatic N) is 1. The van der Waals surface area contributed by atoms with Crippen molar-refractivity contribution in [2.45, 2.75) is 51.4 Å². The lowest BCUT2D eigenvalue weighted by Crippen LogP contribution is -2.44. The number of carbonyl (C=O) groups excluding carboxylic acids is 2. The average Bonchev–Trinajstić information content (AvgIpc) is 2.78. The molecule has 1 fully saturated rings. The summed E-state index contributed by atoms with van der Waals surface area (Å²) in [4.78, 5) is 25.6. The number of nitrogens with one attached hydrogen (secondary N) is 1. The van der Waals surface area contributed by atoms with Crippen molar-refractivity contribution in [3.05, 3.63) is 34.9 Å². The highest BCUT2D eigenvalue weighted by Gasteiger charge is 2.47. The number of amides is 3. The third-order valence-electron chi connectivity index (χ3n) is 4.29. The lowest BCUT2D eigenvalue weighted by Gasteiger charge is -2.22. The summed E-state index contributed by atoms with van der Waals surface area (Å²) in [6.45, 7) is 3.93.